The number of hydrogen-bond donors (Lipinski definition) is 4. The van der Waals surface area contributed by atoms with Gasteiger partial charge < -0.3 is 34.6 Å². The van der Waals surface area contributed by atoms with Crippen molar-refractivity contribution in [2.24, 2.45) is 0 Å². The molecule has 0 spiro atoms. The van der Waals surface area contributed by atoms with Crippen LogP contribution in [0.5, 0.6) is 11.5 Å². The van der Waals surface area contributed by atoms with Crippen LogP contribution in [0.1, 0.15) is 37.7 Å². The Morgan fingerprint density at radius 1 is 0.930 bits per heavy atom. The van der Waals surface area contributed by atoms with Crippen molar-refractivity contribution < 1.29 is 56.3 Å². The van der Waals surface area contributed by atoms with Crippen LogP contribution in [0.4, 0.5) is 8.78 Å². The highest BCUT2D eigenvalue weighted by Gasteiger charge is 2.57. The Labute approximate surface area is 250 Å². The van der Waals surface area contributed by atoms with Crippen LogP contribution in [0.2, 0.25) is 5.02 Å². The third-order valence-corrected chi connectivity index (χ3v) is 8.26. The summed E-state index contributed by atoms with van der Waals surface area (Å²) in [4.78, 5) is 56.0. The molecule has 234 valence electrons. The van der Waals surface area contributed by atoms with E-state index in [2.05, 4.69) is 15.2 Å². The van der Waals surface area contributed by atoms with Crippen molar-refractivity contribution in [3.8, 4) is 11.5 Å². The standard InChI is InChI=1S/C27H30ClF2N2O10P/c1-16-2-3-17(10-20(16)29)40-14-24(34)32-27-8-6-26(7-9-27,12-22(27)42-25(35)15-41-43(36,37)38)31-23(33)13-39-18-4-5-19(28)21(30)11-18/h2-5,10-11,22H,6-9,12-15H2,1H3,(H,31,33)(H,32,34)(H2,36,37,38)/t22-,26?,27?/m0/s1. The van der Waals surface area contributed by atoms with Crippen LogP contribution in [0.3, 0.4) is 0 Å². The summed E-state index contributed by atoms with van der Waals surface area (Å²) in [6.45, 7) is -0.365. The van der Waals surface area contributed by atoms with Crippen LogP contribution < -0.4 is 20.1 Å². The second-order valence-electron chi connectivity index (χ2n) is 10.5. The van der Waals surface area contributed by atoms with Crippen molar-refractivity contribution in [2.75, 3.05) is 19.8 Å². The number of ether oxygens (including phenoxy) is 3. The van der Waals surface area contributed by atoms with E-state index in [1.165, 1.54) is 24.3 Å². The molecule has 12 nitrogen and oxygen atoms in total. The average molecular weight is 647 g/mol. The number of aryl methyl sites for hydroxylation is 1. The molecule has 5 rings (SSSR count). The lowest BCUT2D eigenvalue weighted by atomic mass is 9.59. The summed E-state index contributed by atoms with van der Waals surface area (Å²) in [7, 11) is -4.96. The van der Waals surface area contributed by atoms with Gasteiger partial charge in [-0.15, -0.1) is 0 Å². The van der Waals surface area contributed by atoms with Crippen molar-refractivity contribution in [3.05, 3.63) is 58.6 Å². The number of fused-ring (bicyclic) bond motifs is 3. The van der Waals surface area contributed by atoms with Gasteiger partial charge in [0.2, 0.25) is 0 Å². The SMILES string of the molecule is Cc1ccc(OCC(=O)NC23CCC(NC(=O)COc4ccc(Cl)c(F)c4)(CC2)C[C@@H]3OC(=O)COP(=O)(O)O)cc1F. The Balaban J connectivity index is 1.42. The lowest BCUT2D eigenvalue weighted by molar-refractivity contribution is -0.169. The highest BCUT2D eigenvalue weighted by atomic mass is 35.5. The monoisotopic (exact) mass is 646 g/mol. The highest BCUT2D eigenvalue weighted by molar-refractivity contribution is 7.46. The summed E-state index contributed by atoms with van der Waals surface area (Å²) >= 11 is 5.67. The summed E-state index contributed by atoms with van der Waals surface area (Å²) in [5.41, 5.74) is -1.53. The highest BCUT2D eigenvalue weighted by Crippen LogP contribution is 2.48. The molecule has 0 heterocycles. The van der Waals surface area contributed by atoms with Crippen molar-refractivity contribution in [3.63, 3.8) is 0 Å². The Morgan fingerprint density at radius 3 is 2.09 bits per heavy atom. The zero-order chi connectivity index (χ0) is 31.4. The van der Waals surface area contributed by atoms with Gasteiger partial charge in [-0.3, -0.25) is 14.1 Å². The molecule has 43 heavy (non-hydrogen) atoms. The third kappa shape index (κ3) is 8.64. The lowest BCUT2D eigenvalue weighted by Gasteiger charge is -2.57. The van der Waals surface area contributed by atoms with Crippen LogP contribution >= 0.6 is 19.4 Å². The maximum atomic E-state index is 13.9. The van der Waals surface area contributed by atoms with Crippen LogP contribution in [0, 0.1) is 18.6 Å². The molecular weight excluding hydrogens is 617 g/mol. The predicted molar refractivity (Wildman–Crippen MR) is 146 cm³/mol. The topological polar surface area (TPSA) is 170 Å². The number of esters is 1. The molecule has 0 saturated heterocycles. The minimum absolute atomic E-state index is 0.0558. The normalized spacial score (nSPS) is 22.9. The smallest absolute Gasteiger partial charge is 0.470 e. The maximum Gasteiger partial charge on any atom is 0.470 e. The number of benzene rings is 2. The molecule has 4 N–H and O–H groups in total. The summed E-state index contributed by atoms with van der Waals surface area (Å²) in [6.07, 6.45) is 0.324. The molecule has 3 saturated carbocycles. The largest absolute Gasteiger partial charge is 0.484 e. The molecule has 0 radical (unpaired) electrons. The van der Waals surface area contributed by atoms with Crippen LogP contribution in [-0.4, -0.2) is 64.6 Å². The second kappa shape index (κ2) is 13.1. The van der Waals surface area contributed by atoms with Gasteiger partial charge >= 0.3 is 13.8 Å². The summed E-state index contributed by atoms with van der Waals surface area (Å²) in [5.74, 6) is -3.15. The molecular formula is C27H30ClF2N2O10P. The van der Waals surface area contributed by atoms with Gasteiger partial charge in [-0.25, -0.2) is 18.1 Å². The zero-order valence-corrected chi connectivity index (χ0v) is 24.6. The van der Waals surface area contributed by atoms with Gasteiger partial charge in [0.15, 0.2) is 19.8 Å². The van der Waals surface area contributed by atoms with Gasteiger partial charge in [0, 0.05) is 24.1 Å². The first-order valence-corrected chi connectivity index (χ1v) is 15.1. The Morgan fingerprint density at radius 2 is 1.51 bits per heavy atom. The molecule has 2 bridgehead atoms. The molecule has 1 atom stereocenters. The van der Waals surface area contributed by atoms with Gasteiger partial charge in [-0.05, 0) is 56.4 Å². The summed E-state index contributed by atoms with van der Waals surface area (Å²) < 4.78 is 59.2. The van der Waals surface area contributed by atoms with Crippen molar-refractivity contribution in [1.82, 2.24) is 10.6 Å². The van der Waals surface area contributed by atoms with E-state index in [4.69, 9.17) is 35.6 Å². The van der Waals surface area contributed by atoms with Gasteiger partial charge in [0.05, 0.1) is 10.6 Å². The second-order valence-corrected chi connectivity index (χ2v) is 12.2. The van der Waals surface area contributed by atoms with E-state index in [0.29, 0.717) is 18.4 Å². The van der Waals surface area contributed by atoms with Gasteiger partial charge in [0.1, 0.15) is 29.2 Å². The number of rotatable bonds is 12. The molecule has 3 aliphatic carbocycles. The number of nitrogens with one attached hydrogen (secondary N) is 2. The van der Waals surface area contributed by atoms with E-state index < -0.39 is 74.2 Å². The van der Waals surface area contributed by atoms with Crippen LogP contribution in [0.25, 0.3) is 0 Å². The molecule has 2 aromatic carbocycles. The molecule has 16 heteroatoms. The number of halogens is 3. The molecule has 0 aliphatic heterocycles. The van der Waals surface area contributed by atoms with E-state index >= 15 is 0 Å². The molecule has 2 aromatic rings. The van der Waals surface area contributed by atoms with Crippen LogP contribution in [0.15, 0.2) is 36.4 Å². The minimum Gasteiger partial charge on any atom is -0.484 e. The van der Waals surface area contributed by atoms with E-state index in [9.17, 15) is 27.7 Å². The van der Waals surface area contributed by atoms with Gasteiger partial charge in [-0.2, -0.15) is 0 Å². The number of amides is 2. The first-order valence-electron chi connectivity index (χ1n) is 13.2. The quantitative estimate of drug-likeness (QED) is 0.199. The fourth-order valence-corrected chi connectivity index (χ4v) is 5.68. The van der Waals surface area contributed by atoms with Crippen molar-refractivity contribution >= 4 is 37.2 Å². The number of carbonyl (C=O) groups is 3. The number of phosphoric acid groups is 1. The zero-order valence-electron chi connectivity index (χ0n) is 22.9. The van der Waals surface area contributed by atoms with E-state index in [0.717, 1.165) is 12.1 Å². The van der Waals surface area contributed by atoms with Crippen molar-refractivity contribution in [2.45, 2.75) is 56.2 Å². The fourth-order valence-electron chi connectivity index (χ4n) is 5.29. The average Bonchev–Trinajstić information content (AvgIpc) is 2.94. The van der Waals surface area contributed by atoms with Crippen LogP contribution in [-0.2, 0) is 28.2 Å². The number of phosphoric ester groups is 1. The molecule has 0 aromatic heterocycles. The van der Waals surface area contributed by atoms with E-state index in [1.54, 1.807) is 6.92 Å². The number of hydrogen-bond acceptors (Lipinski definition) is 8. The summed E-state index contributed by atoms with van der Waals surface area (Å²) in [5, 5.41) is 5.66. The van der Waals surface area contributed by atoms with E-state index in [-0.39, 0.29) is 35.8 Å². The van der Waals surface area contributed by atoms with E-state index in [1.807, 2.05) is 0 Å². The first kappa shape index (κ1) is 32.6. The maximum absolute atomic E-state index is 13.9. The molecule has 3 aliphatic rings. The molecule has 2 amide bonds. The Kier molecular flexibility index (Phi) is 9.97. The first-order chi connectivity index (χ1) is 20.2. The molecule has 0 unspecified atom stereocenters. The summed E-state index contributed by atoms with van der Waals surface area (Å²) in [6, 6.07) is 7.91. The third-order valence-electron chi connectivity index (χ3n) is 7.48. The Hall–Kier alpha value is -3.29. The molecule has 3 fully saturated rings. The van der Waals surface area contributed by atoms with Crippen molar-refractivity contribution in [1.29, 1.82) is 0 Å². The minimum atomic E-state index is -4.96. The Bertz CT molecular complexity index is 1430. The fraction of sp³-hybridized carbons (Fsp3) is 0.444. The van der Waals surface area contributed by atoms with Gasteiger partial charge in [0.25, 0.3) is 11.8 Å². The lowest BCUT2D eigenvalue weighted by Crippen LogP contribution is -2.71. The van der Waals surface area contributed by atoms with Gasteiger partial charge in [-0.1, -0.05) is 17.7 Å². The number of carbonyl (C=O) groups excluding carboxylic acids is 3. The predicted octanol–water partition coefficient (Wildman–Crippen LogP) is 3.09.